The van der Waals surface area contributed by atoms with Crippen LogP contribution in [-0.4, -0.2) is 36.1 Å². The number of amides is 1. The van der Waals surface area contributed by atoms with Crippen LogP contribution in [0.3, 0.4) is 0 Å². The fourth-order valence-corrected chi connectivity index (χ4v) is 3.11. The predicted octanol–water partition coefficient (Wildman–Crippen LogP) is 2.55. The van der Waals surface area contributed by atoms with Gasteiger partial charge in [-0.2, -0.15) is 4.98 Å². The Morgan fingerprint density at radius 2 is 2.00 bits per heavy atom. The van der Waals surface area contributed by atoms with Crippen molar-refractivity contribution in [3.63, 3.8) is 0 Å². The first kappa shape index (κ1) is 18.1. The molecule has 1 aliphatic rings. The molecule has 1 aromatic heterocycles. The van der Waals surface area contributed by atoms with Crippen LogP contribution < -0.4 is 15.0 Å². The van der Waals surface area contributed by atoms with Crippen molar-refractivity contribution in [1.29, 1.82) is 0 Å². The lowest BCUT2D eigenvalue weighted by Gasteiger charge is -2.32. The summed E-state index contributed by atoms with van der Waals surface area (Å²) >= 11 is 0. The van der Waals surface area contributed by atoms with Gasteiger partial charge in [-0.15, -0.1) is 0 Å². The number of carbonyl (C=O) groups is 1. The number of nitrogens with one attached hydrogen (secondary N) is 1. The minimum atomic E-state index is -0.270. The molecule has 0 radical (unpaired) electrons. The van der Waals surface area contributed by atoms with E-state index in [4.69, 9.17) is 4.74 Å². The van der Waals surface area contributed by atoms with E-state index in [-0.39, 0.29) is 11.7 Å². The Morgan fingerprint density at radius 1 is 1.27 bits per heavy atom. The van der Waals surface area contributed by atoms with Gasteiger partial charge in [-0.1, -0.05) is 12.1 Å². The summed E-state index contributed by atoms with van der Waals surface area (Å²) < 4.78 is 18.0. The van der Waals surface area contributed by atoms with Gasteiger partial charge in [-0.3, -0.25) is 4.79 Å². The van der Waals surface area contributed by atoms with Crippen molar-refractivity contribution in [2.45, 2.75) is 25.8 Å². The number of piperidine rings is 1. The molecule has 0 bridgehead atoms. The smallest absolute Gasteiger partial charge is 0.318 e. The van der Waals surface area contributed by atoms with E-state index >= 15 is 0 Å². The zero-order valence-corrected chi connectivity index (χ0v) is 14.8. The zero-order valence-electron chi connectivity index (χ0n) is 14.8. The Morgan fingerprint density at radius 3 is 2.69 bits per heavy atom. The molecular weight excluding hydrogens is 335 g/mol. The van der Waals surface area contributed by atoms with Crippen LogP contribution in [0.25, 0.3) is 0 Å². The standard InChI is InChI=1S/C19H23FN4O2/c1-26-19-21-9-6-17(23-19)24-10-7-14(8-11-24)12-18(25)22-13-15-2-4-16(20)5-3-15/h2-6,9,14H,7-8,10-13H2,1H3,(H,22,25). The highest BCUT2D eigenvalue weighted by molar-refractivity contribution is 5.76. The SMILES string of the molecule is COc1nccc(N2CCC(CC(=O)NCc3ccc(F)cc3)CC2)n1. The second-order valence-corrected chi connectivity index (χ2v) is 6.44. The molecule has 2 aromatic rings. The molecule has 3 rings (SSSR count). The molecule has 1 saturated heterocycles. The molecule has 0 spiro atoms. The lowest BCUT2D eigenvalue weighted by atomic mass is 9.93. The summed E-state index contributed by atoms with van der Waals surface area (Å²) in [6, 6.07) is 8.41. The molecule has 0 saturated carbocycles. The van der Waals surface area contributed by atoms with E-state index in [0.29, 0.717) is 24.9 Å². The van der Waals surface area contributed by atoms with E-state index in [1.54, 1.807) is 25.4 Å². The van der Waals surface area contributed by atoms with E-state index in [0.717, 1.165) is 37.3 Å². The Kier molecular flexibility index (Phi) is 5.99. The molecule has 1 aromatic carbocycles. The fourth-order valence-electron chi connectivity index (χ4n) is 3.11. The molecule has 26 heavy (non-hydrogen) atoms. The number of benzene rings is 1. The maximum absolute atomic E-state index is 12.9. The van der Waals surface area contributed by atoms with Crippen LogP contribution in [0.15, 0.2) is 36.5 Å². The first-order valence-corrected chi connectivity index (χ1v) is 8.77. The molecule has 1 amide bonds. The number of nitrogens with zero attached hydrogens (tertiary/aromatic N) is 3. The normalized spacial score (nSPS) is 14.9. The monoisotopic (exact) mass is 358 g/mol. The highest BCUT2D eigenvalue weighted by Crippen LogP contribution is 2.24. The number of rotatable bonds is 6. The number of methoxy groups -OCH3 is 1. The zero-order chi connectivity index (χ0) is 18.4. The highest BCUT2D eigenvalue weighted by Gasteiger charge is 2.22. The Bertz CT molecular complexity index is 731. The molecule has 6 nitrogen and oxygen atoms in total. The molecule has 0 atom stereocenters. The fraction of sp³-hybridized carbons (Fsp3) is 0.421. The van der Waals surface area contributed by atoms with Crippen molar-refractivity contribution in [2.75, 3.05) is 25.1 Å². The third kappa shape index (κ3) is 4.91. The first-order chi connectivity index (χ1) is 12.6. The predicted molar refractivity (Wildman–Crippen MR) is 96.4 cm³/mol. The summed E-state index contributed by atoms with van der Waals surface area (Å²) in [5.74, 6) is 0.990. The summed E-state index contributed by atoms with van der Waals surface area (Å²) in [6.45, 7) is 2.14. The van der Waals surface area contributed by atoms with E-state index in [1.165, 1.54) is 12.1 Å². The van der Waals surface area contributed by atoms with Crippen molar-refractivity contribution in [1.82, 2.24) is 15.3 Å². The van der Waals surface area contributed by atoms with E-state index in [9.17, 15) is 9.18 Å². The molecule has 0 aliphatic carbocycles. The highest BCUT2D eigenvalue weighted by atomic mass is 19.1. The topological polar surface area (TPSA) is 67.3 Å². The molecule has 1 aliphatic heterocycles. The summed E-state index contributed by atoms with van der Waals surface area (Å²) in [4.78, 5) is 22.7. The molecule has 2 heterocycles. The number of carbonyl (C=O) groups excluding carboxylic acids is 1. The van der Waals surface area contributed by atoms with Gasteiger partial charge in [0.1, 0.15) is 11.6 Å². The maximum Gasteiger partial charge on any atom is 0.318 e. The Balaban J connectivity index is 1.43. The van der Waals surface area contributed by atoms with Crippen LogP contribution in [0, 0.1) is 11.7 Å². The van der Waals surface area contributed by atoms with Gasteiger partial charge in [-0.05, 0) is 42.5 Å². The van der Waals surface area contributed by atoms with Crippen LogP contribution in [0.4, 0.5) is 10.2 Å². The molecule has 1 N–H and O–H groups in total. The van der Waals surface area contributed by atoms with Crippen molar-refractivity contribution in [2.24, 2.45) is 5.92 Å². The van der Waals surface area contributed by atoms with E-state index in [2.05, 4.69) is 20.2 Å². The van der Waals surface area contributed by atoms with Gasteiger partial charge in [-0.25, -0.2) is 9.37 Å². The van der Waals surface area contributed by atoms with Gasteiger partial charge >= 0.3 is 6.01 Å². The average molecular weight is 358 g/mol. The van der Waals surface area contributed by atoms with Crippen LogP contribution in [-0.2, 0) is 11.3 Å². The number of ether oxygens (including phenoxy) is 1. The summed E-state index contributed by atoms with van der Waals surface area (Å²) in [6.07, 6.45) is 4.09. The number of aromatic nitrogens is 2. The second-order valence-electron chi connectivity index (χ2n) is 6.44. The van der Waals surface area contributed by atoms with Crippen molar-refractivity contribution < 1.29 is 13.9 Å². The number of anilines is 1. The lowest BCUT2D eigenvalue weighted by Crippen LogP contribution is -2.36. The molecular formula is C19H23FN4O2. The minimum absolute atomic E-state index is 0.0384. The third-order valence-electron chi connectivity index (χ3n) is 4.62. The van der Waals surface area contributed by atoms with Crippen molar-refractivity contribution in [3.8, 4) is 6.01 Å². The third-order valence-corrected chi connectivity index (χ3v) is 4.62. The van der Waals surface area contributed by atoms with Gasteiger partial charge < -0.3 is 15.0 Å². The first-order valence-electron chi connectivity index (χ1n) is 8.77. The Labute approximate surface area is 152 Å². The van der Waals surface area contributed by atoms with E-state index in [1.807, 2.05) is 6.07 Å². The number of halogens is 1. The summed E-state index contributed by atoms with van der Waals surface area (Å²) in [5.41, 5.74) is 0.896. The second kappa shape index (κ2) is 8.60. The minimum Gasteiger partial charge on any atom is -0.467 e. The van der Waals surface area contributed by atoms with Gasteiger partial charge in [0.25, 0.3) is 0 Å². The van der Waals surface area contributed by atoms with Gasteiger partial charge in [0.2, 0.25) is 5.91 Å². The largest absolute Gasteiger partial charge is 0.467 e. The van der Waals surface area contributed by atoms with Crippen LogP contribution in [0.1, 0.15) is 24.8 Å². The van der Waals surface area contributed by atoms with Crippen LogP contribution in [0.2, 0.25) is 0 Å². The summed E-state index contributed by atoms with van der Waals surface area (Å²) in [7, 11) is 1.55. The van der Waals surface area contributed by atoms with E-state index < -0.39 is 0 Å². The molecule has 0 unspecified atom stereocenters. The number of hydrogen-bond donors (Lipinski definition) is 1. The molecule has 7 heteroatoms. The van der Waals surface area contributed by atoms with Crippen LogP contribution >= 0.6 is 0 Å². The molecule has 138 valence electrons. The molecule has 1 fully saturated rings. The van der Waals surface area contributed by atoms with Crippen LogP contribution in [0.5, 0.6) is 6.01 Å². The average Bonchev–Trinajstić information content (AvgIpc) is 2.68. The van der Waals surface area contributed by atoms with Crippen molar-refractivity contribution in [3.05, 3.63) is 47.9 Å². The maximum atomic E-state index is 12.9. The van der Waals surface area contributed by atoms with Gasteiger partial charge in [0, 0.05) is 32.3 Å². The number of hydrogen-bond acceptors (Lipinski definition) is 5. The lowest BCUT2D eigenvalue weighted by molar-refractivity contribution is -0.122. The Hall–Kier alpha value is -2.70. The summed E-state index contributed by atoms with van der Waals surface area (Å²) in [5, 5.41) is 2.91. The van der Waals surface area contributed by atoms with Gasteiger partial charge in [0.05, 0.1) is 7.11 Å². The van der Waals surface area contributed by atoms with Crippen molar-refractivity contribution >= 4 is 11.7 Å². The van der Waals surface area contributed by atoms with Gasteiger partial charge in [0.15, 0.2) is 0 Å². The quantitative estimate of drug-likeness (QED) is 0.860.